The van der Waals surface area contributed by atoms with Crippen LogP contribution in [0.15, 0.2) is 42.5 Å². The zero-order valence-electron chi connectivity index (χ0n) is 16.9. The molecule has 1 aromatic heterocycles. The Labute approximate surface area is 180 Å². The topological polar surface area (TPSA) is 81.5 Å². The first-order valence-electron chi connectivity index (χ1n) is 9.11. The molecule has 0 radical (unpaired) electrons. The van der Waals surface area contributed by atoms with Crippen molar-refractivity contribution in [2.24, 2.45) is 0 Å². The van der Waals surface area contributed by atoms with Gasteiger partial charge in [-0.1, -0.05) is 23.5 Å². The van der Waals surface area contributed by atoms with Crippen LogP contribution in [0.1, 0.15) is 30.0 Å². The number of ether oxygens (including phenoxy) is 2. The van der Waals surface area contributed by atoms with Crippen LogP contribution >= 0.6 is 11.3 Å². The van der Waals surface area contributed by atoms with Crippen LogP contribution in [-0.4, -0.2) is 26.9 Å². The SMILES string of the molecule is Cc1cc(OCc2nnc(-c3ccc(C(F)(F)F)cc3)s2)ccc1OC(C)(C)C(=O)O. The maximum atomic E-state index is 12.7. The molecule has 0 saturated heterocycles. The number of carbonyl (C=O) groups is 1. The van der Waals surface area contributed by atoms with Crippen molar-refractivity contribution in [3.05, 3.63) is 58.6 Å². The number of benzene rings is 2. The Kier molecular flexibility index (Phi) is 6.21. The fourth-order valence-corrected chi connectivity index (χ4v) is 3.28. The van der Waals surface area contributed by atoms with Gasteiger partial charge in [-0.25, -0.2) is 4.79 Å². The van der Waals surface area contributed by atoms with Crippen molar-refractivity contribution in [3.63, 3.8) is 0 Å². The van der Waals surface area contributed by atoms with Gasteiger partial charge in [0.25, 0.3) is 0 Å². The van der Waals surface area contributed by atoms with Crippen molar-refractivity contribution in [2.45, 2.75) is 39.2 Å². The van der Waals surface area contributed by atoms with Crippen molar-refractivity contribution < 1.29 is 32.5 Å². The molecule has 10 heteroatoms. The van der Waals surface area contributed by atoms with Crippen molar-refractivity contribution in [1.82, 2.24) is 10.2 Å². The number of rotatable bonds is 7. The van der Waals surface area contributed by atoms with E-state index < -0.39 is 23.3 Å². The van der Waals surface area contributed by atoms with Crippen LogP contribution in [0, 0.1) is 6.92 Å². The summed E-state index contributed by atoms with van der Waals surface area (Å²) in [6, 6.07) is 9.71. The van der Waals surface area contributed by atoms with Gasteiger partial charge in [-0.3, -0.25) is 0 Å². The van der Waals surface area contributed by atoms with Crippen LogP contribution in [0.3, 0.4) is 0 Å². The lowest BCUT2D eigenvalue weighted by Gasteiger charge is -2.23. The van der Waals surface area contributed by atoms with E-state index in [4.69, 9.17) is 9.47 Å². The van der Waals surface area contributed by atoms with Gasteiger partial charge in [0.15, 0.2) is 10.6 Å². The normalized spacial score (nSPS) is 11.9. The van der Waals surface area contributed by atoms with Gasteiger partial charge in [-0.05, 0) is 56.7 Å². The molecule has 1 N–H and O–H groups in total. The molecule has 0 spiro atoms. The van der Waals surface area contributed by atoms with E-state index in [0.717, 1.165) is 12.1 Å². The van der Waals surface area contributed by atoms with Gasteiger partial charge in [-0.15, -0.1) is 10.2 Å². The lowest BCUT2D eigenvalue weighted by molar-refractivity contribution is -0.152. The standard InChI is InChI=1S/C21H19F3N2O4S/c1-12-10-15(8-9-16(12)30-20(2,3)19(27)28)29-11-17-25-26-18(31-17)13-4-6-14(7-5-13)21(22,23)24/h4-10H,11H2,1-3H3,(H,27,28). The highest BCUT2D eigenvalue weighted by molar-refractivity contribution is 7.14. The Morgan fingerprint density at radius 2 is 1.77 bits per heavy atom. The van der Waals surface area contributed by atoms with Crippen LogP contribution in [0.2, 0.25) is 0 Å². The minimum atomic E-state index is -4.39. The minimum Gasteiger partial charge on any atom is -0.486 e. The Hall–Kier alpha value is -3.14. The number of aliphatic carboxylic acids is 1. The van der Waals surface area contributed by atoms with Gasteiger partial charge in [-0.2, -0.15) is 13.2 Å². The number of alkyl halides is 3. The molecule has 0 aliphatic rings. The predicted octanol–water partition coefficient (Wildman–Crippen LogP) is 5.35. The van der Waals surface area contributed by atoms with Gasteiger partial charge >= 0.3 is 12.1 Å². The number of hydrogen-bond acceptors (Lipinski definition) is 6. The van der Waals surface area contributed by atoms with E-state index in [1.807, 2.05) is 0 Å². The van der Waals surface area contributed by atoms with E-state index in [9.17, 15) is 23.1 Å². The Morgan fingerprint density at radius 1 is 1.10 bits per heavy atom. The van der Waals surface area contributed by atoms with Gasteiger partial charge in [0, 0.05) is 5.56 Å². The summed E-state index contributed by atoms with van der Waals surface area (Å²) in [5, 5.41) is 18.3. The smallest absolute Gasteiger partial charge is 0.416 e. The first kappa shape index (κ1) is 22.5. The van der Waals surface area contributed by atoms with Crippen LogP contribution < -0.4 is 9.47 Å². The van der Waals surface area contributed by atoms with Crippen molar-refractivity contribution in [2.75, 3.05) is 0 Å². The molecule has 31 heavy (non-hydrogen) atoms. The number of aromatic nitrogens is 2. The number of hydrogen-bond donors (Lipinski definition) is 1. The molecule has 6 nitrogen and oxygen atoms in total. The third-order valence-corrected chi connectivity index (χ3v) is 5.26. The summed E-state index contributed by atoms with van der Waals surface area (Å²) < 4.78 is 49.3. The van der Waals surface area contributed by atoms with E-state index in [0.29, 0.717) is 32.6 Å². The fraction of sp³-hybridized carbons (Fsp3) is 0.286. The van der Waals surface area contributed by atoms with Gasteiger partial charge in [0.05, 0.1) is 5.56 Å². The number of carboxylic acids is 1. The van der Waals surface area contributed by atoms with Crippen LogP contribution in [0.4, 0.5) is 13.2 Å². The highest BCUT2D eigenvalue weighted by Gasteiger charge is 2.30. The van der Waals surface area contributed by atoms with Crippen LogP contribution in [0.25, 0.3) is 10.6 Å². The number of aryl methyl sites for hydroxylation is 1. The summed E-state index contributed by atoms with van der Waals surface area (Å²) in [5.74, 6) is -0.114. The minimum absolute atomic E-state index is 0.124. The summed E-state index contributed by atoms with van der Waals surface area (Å²) in [6.07, 6.45) is -4.39. The summed E-state index contributed by atoms with van der Waals surface area (Å²) in [5.41, 5.74) is -0.850. The fourth-order valence-electron chi connectivity index (χ4n) is 2.52. The molecular weight excluding hydrogens is 433 g/mol. The summed E-state index contributed by atoms with van der Waals surface area (Å²) in [4.78, 5) is 11.2. The molecule has 0 fully saturated rings. The summed E-state index contributed by atoms with van der Waals surface area (Å²) in [6.45, 7) is 4.82. The molecule has 0 aliphatic carbocycles. The quantitative estimate of drug-likeness (QED) is 0.520. The third-order valence-electron chi connectivity index (χ3n) is 4.31. The van der Waals surface area contributed by atoms with E-state index in [1.54, 1.807) is 25.1 Å². The van der Waals surface area contributed by atoms with Gasteiger partial charge < -0.3 is 14.6 Å². The number of carboxylic acid groups (broad SMARTS) is 1. The molecule has 164 valence electrons. The predicted molar refractivity (Wildman–Crippen MR) is 108 cm³/mol. The van der Waals surface area contributed by atoms with Crippen molar-refractivity contribution in [3.8, 4) is 22.1 Å². The average molecular weight is 452 g/mol. The Bertz CT molecular complexity index is 1080. The molecule has 0 atom stereocenters. The zero-order valence-corrected chi connectivity index (χ0v) is 17.7. The molecule has 3 aromatic rings. The van der Waals surface area contributed by atoms with E-state index in [1.165, 1.54) is 37.3 Å². The van der Waals surface area contributed by atoms with Crippen molar-refractivity contribution >= 4 is 17.3 Å². The molecule has 0 amide bonds. The monoisotopic (exact) mass is 452 g/mol. The first-order valence-corrected chi connectivity index (χ1v) is 9.93. The molecule has 0 bridgehead atoms. The third kappa shape index (κ3) is 5.52. The van der Waals surface area contributed by atoms with Crippen molar-refractivity contribution in [1.29, 1.82) is 0 Å². The largest absolute Gasteiger partial charge is 0.486 e. The highest BCUT2D eigenvalue weighted by Crippen LogP contribution is 2.32. The molecular formula is C21H19F3N2O4S. The summed E-state index contributed by atoms with van der Waals surface area (Å²) in [7, 11) is 0. The lowest BCUT2D eigenvalue weighted by atomic mass is 10.1. The zero-order chi connectivity index (χ0) is 22.8. The molecule has 2 aromatic carbocycles. The first-order chi connectivity index (χ1) is 14.5. The van der Waals surface area contributed by atoms with Gasteiger partial charge in [0.1, 0.15) is 23.1 Å². The number of nitrogens with zero attached hydrogens (tertiary/aromatic N) is 2. The highest BCUT2D eigenvalue weighted by atomic mass is 32.1. The van der Waals surface area contributed by atoms with E-state index in [2.05, 4.69) is 10.2 Å². The second kappa shape index (κ2) is 8.54. The molecule has 0 unspecified atom stereocenters. The van der Waals surface area contributed by atoms with E-state index in [-0.39, 0.29) is 6.61 Å². The number of halogens is 3. The Morgan fingerprint density at radius 3 is 2.35 bits per heavy atom. The van der Waals surface area contributed by atoms with Crippen LogP contribution in [0.5, 0.6) is 11.5 Å². The maximum Gasteiger partial charge on any atom is 0.416 e. The summed E-state index contributed by atoms with van der Waals surface area (Å²) >= 11 is 1.22. The maximum absolute atomic E-state index is 12.7. The average Bonchev–Trinajstić information content (AvgIpc) is 3.16. The second-order valence-corrected chi connectivity index (χ2v) is 8.27. The molecule has 1 heterocycles. The molecule has 0 aliphatic heterocycles. The van der Waals surface area contributed by atoms with Gasteiger partial charge in [0.2, 0.25) is 0 Å². The Balaban J connectivity index is 1.64. The molecule has 0 saturated carbocycles. The second-order valence-electron chi connectivity index (χ2n) is 7.21. The van der Waals surface area contributed by atoms with Crippen LogP contribution in [-0.2, 0) is 17.6 Å². The lowest BCUT2D eigenvalue weighted by Crippen LogP contribution is -2.38. The van der Waals surface area contributed by atoms with E-state index >= 15 is 0 Å². The molecule has 3 rings (SSSR count).